The number of ether oxygens (including phenoxy) is 2. The number of ketones is 1. The van der Waals surface area contributed by atoms with Crippen LogP contribution in [0, 0.1) is 0 Å². The lowest BCUT2D eigenvalue weighted by atomic mass is 10.2. The molecular formula is C14H17N3O7. The third kappa shape index (κ3) is 4.18. The maximum absolute atomic E-state index is 12.0. The molecule has 0 fully saturated rings. The van der Waals surface area contributed by atoms with Crippen molar-refractivity contribution in [3.63, 3.8) is 0 Å². The molecule has 0 aliphatic rings. The van der Waals surface area contributed by atoms with Crippen LogP contribution in [-0.4, -0.2) is 40.1 Å². The summed E-state index contributed by atoms with van der Waals surface area (Å²) >= 11 is 0. The van der Waals surface area contributed by atoms with Gasteiger partial charge in [-0.25, -0.2) is 14.4 Å². The van der Waals surface area contributed by atoms with Gasteiger partial charge in [0.15, 0.2) is 6.61 Å². The summed E-state index contributed by atoms with van der Waals surface area (Å²) < 4.78 is 10.8. The second-order valence-corrected chi connectivity index (χ2v) is 4.58. The molecule has 2 N–H and O–H groups in total. The number of rotatable bonds is 6. The number of esters is 2. The minimum absolute atomic E-state index is 0.145. The number of nitrogens with zero attached hydrogens (tertiary/aromatic N) is 2. The van der Waals surface area contributed by atoms with E-state index in [0.717, 1.165) is 16.7 Å². The molecule has 1 aromatic rings. The van der Waals surface area contributed by atoms with Crippen LogP contribution in [0.2, 0.25) is 0 Å². The number of hydrogen-bond donors (Lipinski definition) is 1. The Balaban J connectivity index is 2.88. The SMILES string of the molecule is CCOC(=O)C=CC(=O)OCC(=O)c1c(N)n(C)c(=O)n(C)c1=O. The summed E-state index contributed by atoms with van der Waals surface area (Å²) in [6.45, 7) is 0.969. The first-order chi connectivity index (χ1) is 11.2. The average Bonchev–Trinajstić information content (AvgIpc) is 2.55. The number of aromatic nitrogens is 2. The fourth-order valence-corrected chi connectivity index (χ4v) is 1.71. The number of Topliss-reactive ketones (excluding diaryl/α,β-unsaturated/α-hetero) is 1. The minimum atomic E-state index is -0.975. The lowest BCUT2D eigenvalue weighted by Gasteiger charge is -2.10. The molecule has 0 aliphatic heterocycles. The summed E-state index contributed by atoms with van der Waals surface area (Å²) in [6, 6.07) is 0. The summed E-state index contributed by atoms with van der Waals surface area (Å²) in [6.07, 6.45) is 1.63. The van der Waals surface area contributed by atoms with Crippen LogP contribution in [0.1, 0.15) is 17.3 Å². The highest BCUT2D eigenvalue weighted by atomic mass is 16.5. The van der Waals surface area contributed by atoms with Crippen LogP contribution in [-0.2, 0) is 33.2 Å². The average molecular weight is 339 g/mol. The maximum atomic E-state index is 12.0. The zero-order valence-electron chi connectivity index (χ0n) is 13.4. The molecule has 10 heteroatoms. The highest BCUT2D eigenvalue weighted by Crippen LogP contribution is 2.04. The van der Waals surface area contributed by atoms with E-state index in [0.29, 0.717) is 4.57 Å². The van der Waals surface area contributed by atoms with Gasteiger partial charge in [0.2, 0.25) is 5.78 Å². The lowest BCUT2D eigenvalue weighted by molar-refractivity contribution is -0.139. The fourth-order valence-electron chi connectivity index (χ4n) is 1.71. The van der Waals surface area contributed by atoms with Gasteiger partial charge in [-0.2, -0.15) is 0 Å². The summed E-state index contributed by atoms with van der Waals surface area (Å²) in [4.78, 5) is 58.1. The molecule has 1 heterocycles. The van der Waals surface area contributed by atoms with Crippen LogP contribution in [0.4, 0.5) is 5.82 Å². The van der Waals surface area contributed by atoms with E-state index in [4.69, 9.17) is 5.73 Å². The molecule has 0 saturated heterocycles. The molecule has 10 nitrogen and oxygen atoms in total. The van der Waals surface area contributed by atoms with Crippen molar-refractivity contribution in [2.45, 2.75) is 6.92 Å². The van der Waals surface area contributed by atoms with Gasteiger partial charge >= 0.3 is 17.6 Å². The van der Waals surface area contributed by atoms with E-state index in [1.807, 2.05) is 0 Å². The quantitative estimate of drug-likeness (QED) is 0.375. The van der Waals surface area contributed by atoms with Crippen LogP contribution in [0.25, 0.3) is 0 Å². The summed E-state index contributed by atoms with van der Waals surface area (Å²) in [7, 11) is 2.48. The molecule has 130 valence electrons. The van der Waals surface area contributed by atoms with Crippen molar-refractivity contribution in [3.8, 4) is 0 Å². The topological polar surface area (TPSA) is 140 Å². The van der Waals surface area contributed by atoms with Gasteiger partial charge in [0.25, 0.3) is 5.56 Å². The second kappa shape index (κ2) is 7.90. The molecule has 0 bridgehead atoms. The molecule has 24 heavy (non-hydrogen) atoms. The zero-order chi connectivity index (χ0) is 18.4. The Bertz CT molecular complexity index is 817. The first kappa shape index (κ1) is 18.9. The Kier molecular flexibility index (Phi) is 6.22. The Labute approximate surface area is 136 Å². The molecule has 0 unspecified atom stereocenters. The van der Waals surface area contributed by atoms with Gasteiger partial charge in [-0.15, -0.1) is 0 Å². The molecule has 0 saturated carbocycles. The lowest BCUT2D eigenvalue weighted by Crippen LogP contribution is -2.42. The number of carbonyl (C=O) groups excluding carboxylic acids is 3. The monoisotopic (exact) mass is 339 g/mol. The van der Waals surface area contributed by atoms with Gasteiger partial charge in [-0.05, 0) is 6.92 Å². The number of carbonyl (C=O) groups is 3. The number of anilines is 1. The standard InChI is InChI=1S/C14H17N3O7/c1-4-23-9(19)5-6-10(20)24-7-8(18)11-12(15)16(2)14(22)17(3)13(11)21/h5-6H,4,7,15H2,1-3H3. The number of hydrogen-bond acceptors (Lipinski definition) is 8. The Morgan fingerprint density at radius 2 is 1.58 bits per heavy atom. The molecule has 0 amide bonds. The largest absolute Gasteiger partial charge is 0.463 e. The van der Waals surface area contributed by atoms with Crippen molar-refractivity contribution in [1.29, 1.82) is 0 Å². The van der Waals surface area contributed by atoms with Gasteiger partial charge in [0.05, 0.1) is 6.61 Å². The first-order valence-corrected chi connectivity index (χ1v) is 6.81. The van der Waals surface area contributed by atoms with E-state index in [9.17, 15) is 24.0 Å². The van der Waals surface area contributed by atoms with Gasteiger partial charge < -0.3 is 15.2 Å². The van der Waals surface area contributed by atoms with E-state index in [1.165, 1.54) is 14.1 Å². The molecule has 0 aromatic carbocycles. The van der Waals surface area contributed by atoms with E-state index in [1.54, 1.807) is 6.92 Å². The van der Waals surface area contributed by atoms with Gasteiger partial charge in [-0.3, -0.25) is 18.7 Å². The highest BCUT2D eigenvalue weighted by molar-refractivity contribution is 6.02. The summed E-state index contributed by atoms with van der Waals surface area (Å²) in [5.74, 6) is -2.92. The van der Waals surface area contributed by atoms with Crippen LogP contribution >= 0.6 is 0 Å². The van der Waals surface area contributed by atoms with Gasteiger partial charge in [0.1, 0.15) is 11.4 Å². The van der Waals surface area contributed by atoms with Crippen molar-refractivity contribution >= 4 is 23.5 Å². The zero-order valence-corrected chi connectivity index (χ0v) is 13.4. The fraction of sp³-hybridized carbons (Fsp3) is 0.357. The van der Waals surface area contributed by atoms with E-state index < -0.39 is 41.1 Å². The second-order valence-electron chi connectivity index (χ2n) is 4.58. The van der Waals surface area contributed by atoms with E-state index in [-0.39, 0.29) is 12.4 Å². The Hall–Kier alpha value is -3.17. The smallest absolute Gasteiger partial charge is 0.332 e. The van der Waals surface area contributed by atoms with Gasteiger partial charge in [-0.1, -0.05) is 0 Å². The molecular weight excluding hydrogens is 322 g/mol. The predicted octanol–water partition coefficient (Wildman–Crippen LogP) is -1.49. The third-order valence-corrected chi connectivity index (χ3v) is 2.98. The molecule has 1 rings (SSSR count). The van der Waals surface area contributed by atoms with Crippen LogP contribution in [0.3, 0.4) is 0 Å². The number of nitrogen functional groups attached to an aromatic ring is 1. The van der Waals surface area contributed by atoms with Crippen molar-refractivity contribution in [1.82, 2.24) is 9.13 Å². The Morgan fingerprint density at radius 3 is 2.12 bits per heavy atom. The Morgan fingerprint density at radius 1 is 1.04 bits per heavy atom. The van der Waals surface area contributed by atoms with Crippen molar-refractivity contribution < 1.29 is 23.9 Å². The summed E-state index contributed by atoms with van der Waals surface area (Å²) in [5.41, 5.74) is 3.57. The maximum Gasteiger partial charge on any atom is 0.332 e. The van der Waals surface area contributed by atoms with Crippen molar-refractivity contribution in [3.05, 3.63) is 38.6 Å². The third-order valence-electron chi connectivity index (χ3n) is 2.98. The molecule has 0 spiro atoms. The van der Waals surface area contributed by atoms with Crippen molar-refractivity contribution in [2.24, 2.45) is 14.1 Å². The molecule has 0 atom stereocenters. The number of nitrogens with two attached hydrogens (primary N) is 1. The molecule has 1 aromatic heterocycles. The first-order valence-electron chi connectivity index (χ1n) is 6.81. The van der Waals surface area contributed by atoms with Crippen LogP contribution in [0.15, 0.2) is 21.7 Å². The summed E-state index contributed by atoms with van der Waals surface area (Å²) in [5, 5.41) is 0. The van der Waals surface area contributed by atoms with E-state index in [2.05, 4.69) is 9.47 Å². The van der Waals surface area contributed by atoms with Gasteiger partial charge in [0, 0.05) is 26.2 Å². The highest BCUT2D eigenvalue weighted by Gasteiger charge is 2.21. The predicted molar refractivity (Wildman–Crippen MR) is 82.4 cm³/mol. The van der Waals surface area contributed by atoms with Crippen molar-refractivity contribution in [2.75, 3.05) is 18.9 Å². The van der Waals surface area contributed by atoms with E-state index >= 15 is 0 Å². The normalized spacial score (nSPS) is 10.6. The van der Waals surface area contributed by atoms with Crippen LogP contribution < -0.4 is 17.0 Å². The molecule has 0 radical (unpaired) electrons. The minimum Gasteiger partial charge on any atom is -0.463 e. The molecule has 0 aliphatic carbocycles. The van der Waals surface area contributed by atoms with Crippen LogP contribution in [0.5, 0.6) is 0 Å².